The molecule has 0 aliphatic heterocycles. The third-order valence-electron chi connectivity index (χ3n) is 17.6. The zero-order chi connectivity index (χ0) is 68.6. The number of aliphatic hydroxyl groups excluding tert-OH is 1. The van der Waals surface area contributed by atoms with E-state index in [-0.39, 0.29) is 25.7 Å². The molecule has 19 heteroatoms. The Bertz CT molecular complexity index is 1810. The van der Waals surface area contributed by atoms with E-state index in [1.807, 2.05) is 0 Å². The highest BCUT2D eigenvalue weighted by atomic mass is 31.2. The van der Waals surface area contributed by atoms with Crippen molar-refractivity contribution in [2.45, 2.75) is 400 Å². The summed E-state index contributed by atoms with van der Waals surface area (Å²) >= 11 is 0. The molecule has 0 aromatic rings. The predicted molar refractivity (Wildman–Crippen MR) is 377 cm³/mol. The van der Waals surface area contributed by atoms with Crippen LogP contribution >= 0.6 is 15.6 Å². The monoisotopic (exact) mass is 1370 g/mol. The molecule has 552 valence electrons. The fraction of sp³-hybridized carbons (Fsp3) is 0.946. The van der Waals surface area contributed by atoms with Crippen LogP contribution in [0.1, 0.15) is 382 Å². The molecule has 0 saturated heterocycles. The van der Waals surface area contributed by atoms with E-state index in [4.69, 9.17) is 37.0 Å². The van der Waals surface area contributed by atoms with Gasteiger partial charge in [-0.15, -0.1) is 0 Å². The van der Waals surface area contributed by atoms with Crippen LogP contribution in [0.25, 0.3) is 0 Å². The van der Waals surface area contributed by atoms with Gasteiger partial charge in [0.25, 0.3) is 0 Å². The molecule has 0 aliphatic rings. The van der Waals surface area contributed by atoms with Crippen molar-refractivity contribution in [3.05, 3.63) is 0 Å². The molecule has 6 atom stereocenters. The van der Waals surface area contributed by atoms with Crippen LogP contribution in [-0.2, 0) is 65.4 Å². The fourth-order valence-electron chi connectivity index (χ4n) is 11.3. The topological polar surface area (TPSA) is 237 Å². The second-order valence-corrected chi connectivity index (χ2v) is 30.3. The van der Waals surface area contributed by atoms with E-state index >= 15 is 0 Å². The molecule has 0 fully saturated rings. The van der Waals surface area contributed by atoms with Gasteiger partial charge in [0.2, 0.25) is 0 Å². The van der Waals surface area contributed by atoms with E-state index in [0.29, 0.717) is 25.7 Å². The molecule has 0 rings (SSSR count). The van der Waals surface area contributed by atoms with E-state index in [1.165, 1.54) is 193 Å². The molecule has 3 unspecified atom stereocenters. The van der Waals surface area contributed by atoms with Gasteiger partial charge in [-0.05, 0) is 37.5 Å². The number of aliphatic hydroxyl groups is 1. The van der Waals surface area contributed by atoms with Crippen LogP contribution in [0.2, 0.25) is 0 Å². The third-order valence-corrected chi connectivity index (χ3v) is 19.5. The Morgan fingerprint density at radius 1 is 0.312 bits per heavy atom. The molecular weight excluding hydrogens is 1220 g/mol. The Morgan fingerprint density at radius 2 is 0.548 bits per heavy atom. The van der Waals surface area contributed by atoms with Crippen molar-refractivity contribution in [3.8, 4) is 0 Å². The number of unbranched alkanes of at least 4 members (excludes halogenated alkanes) is 42. The molecule has 17 nitrogen and oxygen atoms in total. The lowest BCUT2D eigenvalue weighted by Crippen LogP contribution is -2.30. The van der Waals surface area contributed by atoms with Crippen LogP contribution in [0.15, 0.2) is 0 Å². The van der Waals surface area contributed by atoms with Gasteiger partial charge in [0, 0.05) is 25.7 Å². The molecule has 0 bridgehead atoms. The smallest absolute Gasteiger partial charge is 0.462 e. The summed E-state index contributed by atoms with van der Waals surface area (Å²) in [6.07, 6.45) is 53.2. The normalized spacial score (nSPS) is 14.3. The molecule has 0 amide bonds. The first kappa shape index (κ1) is 91.1. The van der Waals surface area contributed by atoms with E-state index in [9.17, 15) is 43.2 Å². The van der Waals surface area contributed by atoms with Crippen LogP contribution < -0.4 is 0 Å². The van der Waals surface area contributed by atoms with Crippen LogP contribution in [0.3, 0.4) is 0 Å². The number of ether oxygens (including phenoxy) is 4. The molecule has 0 aromatic heterocycles. The maximum atomic E-state index is 13.1. The molecular formula is C74H144O17P2. The first-order valence-corrected chi connectivity index (χ1v) is 41.5. The summed E-state index contributed by atoms with van der Waals surface area (Å²) in [4.78, 5) is 72.4. The largest absolute Gasteiger partial charge is 0.472 e. The van der Waals surface area contributed by atoms with Gasteiger partial charge < -0.3 is 33.8 Å². The second-order valence-electron chi connectivity index (χ2n) is 27.4. The number of esters is 4. The highest BCUT2D eigenvalue weighted by molar-refractivity contribution is 7.47. The molecule has 0 aliphatic carbocycles. The molecule has 0 aromatic carbocycles. The summed E-state index contributed by atoms with van der Waals surface area (Å²) in [6.45, 7) is 9.51. The van der Waals surface area contributed by atoms with Crippen molar-refractivity contribution in [2.75, 3.05) is 39.6 Å². The lowest BCUT2D eigenvalue weighted by molar-refractivity contribution is -0.161. The Labute approximate surface area is 568 Å². The number of phosphoric acid groups is 2. The van der Waals surface area contributed by atoms with Crippen LogP contribution in [0.4, 0.5) is 0 Å². The average molecular weight is 1370 g/mol. The Kier molecular flexibility index (Phi) is 64.6. The number of rotatable bonds is 73. The maximum absolute atomic E-state index is 13.1. The maximum Gasteiger partial charge on any atom is 0.472 e. The first-order valence-electron chi connectivity index (χ1n) is 38.5. The first-order chi connectivity index (χ1) is 44.9. The van der Waals surface area contributed by atoms with Gasteiger partial charge in [-0.25, -0.2) is 9.13 Å². The highest BCUT2D eigenvalue weighted by Gasteiger charge is 2.30. The van der Waals surface area contributed by atoms with Crippen molar-refractivity contribution < 1.29 is 80.2 Å². The summed E-state index contributed by atoms with van der Waals surface area (Å²) in [6, 6.07) is 0. The van der Waals surface area contributed by atoms with Crippen molar-refractivity contribution in [1.82, 2.24) is 0 Å². The highest BCUT2D eigenvalue weighted by Crippen LogP contribution is 2.45. The van der Waals surface area contributed by atoms with E-state index in [1.54, 1.807) is 0 Å². The SMILES string of the molecule is CCCCCCCCCCCCCCCCCC(=O)OC[C@H](COP(=O)(O)OC[C@@H](O)COP(=O)(O)OC[C@@H](COC(=O)CCCCCCC)OC(=O)CCCCCCCCCCC(C)C)OC(=O)CCCCCCCCCCCCCCCCCCCCC(C)CC. The number of carbonyl (C=O) groups excluding carboxylic acids is 4. The van der Waals surface area contributed by atoms with Gasteiger partial charge in [-0.2, -0.15) is 0 Å². The summed E-state index contributed by atoms with van der Waals surface area (Å²) in [5.74, 6) is -0.542. The average Bonchev–Trinajstić information content (AvgIpc) is 2.55. The molecule has 0 saturated carbocycles. The minimum Gasteiger partial charge on any atom is -0.462 e. The fourth-order valence-corrected chi connectivity index (χ4v) is 12.8. The number of carbonyl (C=O) groups is 4. The standard InChI is InChI=1S/C74H144O17P2/c1-7-10-12-14-15-16-17-18-23-27-30-33-39-45-51-57-72(77)85-63-70(91-73(78)58-52-46-40-34-31-28-25-22-20-19-21-24-26-29-32-38-44-49-55-67(6)9-3)65-89-93(82,83)87-61-68(75)60-86-92(80,81)88-64-69(62-84-71(76)56-50-42-13-11-8-2)90-74(79)59-53-47-41-36-35-37-43-48-54-66(4)5/h66-70,75H,7-65H2,1-6H3,(H,80,81)(H,82,83)/t67?,68-,69+,70+/m0/s1. The third kappa shape index (κ3) is 67.0. The van der Waals surface area contributed by atoms with Crippen LogP contribution in [0.5, 0.6) is 0 Å². The number of hydrogen-bond donors (Lipinski definition) is 3. The van der Waals surface area contributed by atoms with Gasteiger partial charge in [-0.3, -0.25) is 37.3 Å². The van der Waals surface area contributed by atoms with Crippen molar-refractivity contribution in [1.29, 1.82) is 0 Å². The Morgan fingerprint density at radius 3 is 0.817 bits per heavy atom. The Balaban J connectivity index is 5.11. The zero-order valence-electron chi connectivity index (χ0n) is 60.6. The lowest BCUT2D eigenvalue weighted by atomic mass is 9.99. The second kappa shape index (κ2) is 66.0. The van der Waals surface area contributed by atoms with Gasteiger partial charge >= 0.3 is 39.5 Å². The van der Waals surface area contributed by atoms with E-state index in [2.05, 4.69) is 41.5 Å². The lowest BCUT2D eigenvalue weighted by Gasteiger charge is -2.21. The molecule has 3 N–H and O–H groups in total. The Hall–Kier alpha value is -1.94. The van der Waals surface area contributed by atoms with Crippen molar-refractivity contribution >= 4 is 39.5 Å². The van der Waals surface area contributed by atoms with Gasteiger partial charge in [0.1, 0.15) is 19.3 Å². The molecule has 93 heavy (non-hydrogen) atoms. The van der Waals surface area contributed by atoms with Gasteiger partial charge in [-0.1, -0.05) is 330 Å². The van der Waals surface area contributed by atoms with Crippen molar-refractivity contribution in [2.24, 2.45) is 11.8 Å². The summed E-state index contributed by atoms with van der Waals surface area (Å²) < 4.78 is 68.2. The van der Waals surface area contributed by atoms with Gasteiger partial charge in [0.05, 0.1) is 26.4 Å². The van der Waals surface area contributed by atoms with Crippen LogP contribution in [-0.4, -0.2) is 96.7 Å². The number of hydrogen-bond acceptors (Lipinski definition) is 15. The van der Waals surface area contributed by atoms with Crippen LogP contribution in [0, 0.1) is 11.8 Å². The van der Waals surface area contributed by atoms with E-state index in [0.717, 1.165) is 108 Å². The molecule has 0 spiro atoms. The zero-order valence-corrected chi connectivity index (χ0v) is 62.3. The molecule has 0 heterocycles. The molecule has 0 radical (unpaired) electrons. The van der Waals surface area contributed by atoms with Gasteiger partial charge in [0.15, 0.2) is 12.2 Å². The quantitative estimate of drug-likeness (QED) is 0.0222. The number of phosphoric ester groups is 2. The van der Waals surface area contributed by atoms with E-state index < -0.39 is 97.5 Å². The minimum absolute atomic E-state index is 0.104. The predicted octanol–water partition coefficient (Wildman–Crippen LogP) is 21.6. The summed E-state index contributed by atoms with van der Waals surface area (Å²) in [5, 5.41) is 10.6. The minimum atomic E-state index is -4.95. The summed E-state index contributed by atoms with van der Waals surface area (Å²) in [7, 11) is -9.90. The summed E-state index contributed by atoms with van der Waals surface area (Å²) in [5.41, 5.74) is 0. The van der Waals surface area contributed by atoms with Crippen molar-refractivity contribution in [3.63, 3.8) is 0 Å².